The first-order valence-corrected chi connectivity index (χ1v) is 9.61. The number of anilines is 1. The monoisotopic (exact) mass is 396 g/mol. The minimum absolute atomic E-state index is 0.00711. The van der Waals surface area contributed by atoms with Crippen LogP contribution >= 0.6 is 11.6 Å². The van der Waals surface area contributed by atoms with Crippen molar-refractivity contribution in [1.29, 1.82) is 0 Å². The fourth-order valence-electron chi connectivity index (χ4n) is 3.76. The van der Waals surface area contributed by atoms with Gasteiger partial charge in [0.05, 0.1) is 19.2 Å². The number of fused-ring (bicyclic) bond motifs is 1. The predicted octanol–water partition coefficient (Wildman–Crippen LogP) is 4.42. The molecule has 1 aromatic heterocycles. The van der Waals surface area contributed by atoms with Crippen LogP contribution in [0.4, 0.5) is 5.95 Å². The van der Waals surface area contributed by atoms with Crippen molar-refractivity contribution in [2.75, 3.05) is 12.0 Å². The maximum Gasteiger partial charge on any atom is 0.231 e. The zero-order chi connectivity index (χ0) is 19.7. The second-order valence-corrected chi connectivity index (χ2v) is 7.09. The van der Waals surface area contributed by atoms with Gasteiger partial charge in [-0.25, -0.2) is 4.68 Å². The maximum atomic E-state index is 12.8. The summed E-state index contributed by atoms with van der Waals surface area (Å²) in [4.78, 5) is 19.0. The Hall–Kier alpha value is -2.86. The molecule has 28 heavy (non-hydrogen) atoms. The minimum Gasteiger partial charge on any atom is -0.497 e. The van der Waals surface area contributed by atoms with Crippen molar-refractivity contribution >= 4 is 23.5 Å². The highest BCUT2D eigenvalue weighted by Crippen LogP contribution is 2.43. The Morgan fingerprint density at radius 2 is 1.93 bits per heavy atom. The average molecular weight is 397 g/mol. The molecule has 0 spiro atoms. The molecule has 0 radical (unpaired) electrons. The van der Waals surface area contributed by atoms with Gasteiger partial charge in [0.15, 0.2) is 0 Å². The van der Waals surface area contributed by atoms with Crippen LogP contribution in [0.1, 0.15) is 43.0 Å². The molecular weight excluding hydrogens is 376 g/mol. The van der Waals surface area contributed by atoms with Gasteiger partial charge in [0.25, 0.3) is 0 Å². The number of hydrogen-bond donors (Lipinski definition) is 0. The average Bonchev–Trinajstić information content (AvgIpc) is 3.22. The van der Waals surface area contributed by atoms with Crippen LogP contribution in [-0.4, -0.2) is 27.8 Å². The number of aromatic nitrogens is 3. The lowest BCUT2D eigenvalue weighted by molar-refractivity contribution is -0.119. The number of carbonyl (C=O) groups is 1. The molecular formula is C21H21ClN4O2. The summed E-state index contributed by atoms with van der Waals surface area (Å²) in [5, 5.41) is 5.09. The van der Waals surface area contributed by atoms with Crippen LogP contribution in [0.25, 0.3) is 0 Å². The highest BCUT2D eigenvalue weighted by atomic mass is 35.5. The topological polar surface area (TPSA) is 60.2 Å². The molecule has 1 aliphatic heterocycles. The van der Waals surface area contributed by atoms with Crippen molar-refractivity contribution in [2.24, 2.45) is 0 Å². The quantitative estimate of drug-likeness (QED) is 0.655. The van der Waals surface area contributed by atoms with Crippen LogP contribution in [0, 0.1) is 0 Å². The zero-order valence-electron chi connectivity index (χ0n) is 15.7. The molecule has 3 aromatic rings. The second kappa shape index (κ2) is 7.64. The molecule has 0 aliphatic carbocycles. The van der Waals surface area contributed by atoms with E-state index < -0.39 is 0 Å². The van der Waals surface area contributed by atoms with Crippen LogP contribution < -0.4 is 9.64 Å². The van der Waals surface area contributed by atoms with Crippen molar-refractivity contribution in [3.63, 3.8) is 0 Å². The van der Waals surface area contributed by atoms with Crippen LogP contribution in [0.2, 0.25) is 5.02 Å². The summed E-state index contributed by atoms with van der Waals surface area (Å²) in [6.45, 7) is 1.86. The molecule has 0 N–H and O–H groups in total. The Labute approximate surface area is 168 Å². The van der Waals surface area contributed by atoms with Crippen molar-refractivity contribution < 1.29 is 9.53 Å². The molecule has 2 heterocycles. The first-order chi connectivity index (χ1) is 13.6. The number of benzene rings is 2. The molecule has 1 aliphatic rings. The lowest BCUT2D eigenvalue weighted by Gasteiger charge is -2.39. The van der Waals surface area contributed by atoms with Gasteiger partial charge in [0, 0.05) is 11.4 Å². The van der Waals surface area contributed by atoms with Gasteiger partial charge in [-0.3, -0.25) is 9.69 Å². The van der Waals surface area contributed by atoms with Gasteiger partial charge in [0.1, 0.15) is 12.1 Å². The molecule has 7 heteroatoms. The Balaban J connectivity index is 1.84. The summed E-state index contributed by atoms with van der Waals surface area (Å²) in [6.07, 6.45) is 2.53. The molecule has 1 amide bonds. The van der Waals surface area contributed by atoms with Crippen LogP contribution in [-0.2, 0) is 4.79 Å². The number of amides is 1. The van der Waals surface area contributed by atoms with Gasteiger partial charge < -0.3 is 4.74 Å². The highest BCUT2D eigenvalue weighted by molar-refractivity contribution is 6.31. The van der Waals surface area contributed by atoms with E-state index >= 15 is 0 Å². The Morgan fingerprint density at radius 1 is 1.18 bits per heavy atom. The van der Waals surface area contributed by atoms with Crippen LogP contribution in [0.15, 0.2) is 54.9 Å². The van der Waals surface area contributed by atoms with Crippen molar-refractivity contribution in [1.82, 2.24) is 14.8 Å². The fraction of sp³-hybridized carbons (Fsp3) is 0.286. The van der Waals surface area contributed by atoms with E-state index in [4.69, 9.17) is 16.3 Å². The summed E-state index contributed by atoms with van der Waals surface area (Å²) < 4.78 is 7.08. The molecule has 144 valence electrons. The lowest BCUT2D eigenvalue weighted by atomic mass is 9.91. The smallest absolute Gasteiger partial charge is 0.231 e. The number of ether oxygens (including phenoxy) is 1. The SMILES string of the molecule is CCC(=O)N1c2ncnn2[C@H](c2ccccc2Cl)C[C@H]1c1ccc(OC)cc1. The van der Waals surface area contributed by atoms with Gasteiger partial charge in [-0.15, -0.1) is 0 Å². The molecule has 4 rings (SSSR count). The van der Waals surface area contributed by atoms with E-state index in [0.29, 0.717) is 23.8 Å². The number of hydrogen-bond acceptors (Lipinski definition) is 4. The normalized spacial score (nSPS) is 18.6. The van der Waals surface area contributed by atoms with Gasteiger partial charge >= 0.3 is 0 Å². The molecule has 0 saturated carbocycles. The molecule has 2 aromatic carbocycles. The summed E-state index contributed by atoms with van der Waals surface area (Å²) in [5.41, 5.74) is 1.99. The summed E-state index contributed by atoms with van der Waals surface area (Å²) >= 11 is 6.49. The first-order valence-electron chi connectivity index (χ1n) is 9.24. The Kier molecular flexibility index (Phi) is 5.05. The fourth-order valence-corrected chi connectivity index (χ4v) is 4.03. The third-order valence-corrected chi connectivity index (χ3v) is 5.50. The van der Waals surface area contributed by atoms with Gasteiger partial charge in [-0.1, -0.05) is 48.9 Å². The van der Waals surface area contributed by atoms with Crippen LogP contribution in [0.3, 0.4) is 0 Å². The summed E-state index contributed by atoms with van der Waals surface area (Å²) in [6, 6.07) is 15.3. The molecule has 0 fully saturated rings. The Morgan fingerprint density at radius 3 is 2.61 bits per heavy atom. The first kappa shape index (κ1) is 18.5. The van der Waals surface area contributed by atoms with E-state index in [-0.39, 0.29) is 18.0 Å². The number of nitrogens with zero attached hydrogens (tertiary/aromatic N) is 4. The van der Waals surface area contributed by atoms with Crippen LogP contribution in [0.5, 0.6) is 5.75 Å². The van der Waals surface area contributed by atoms with E-state index in [0.717, 1.165) is 16.9 Å². The number of carbonyl (C=O) groups excluding carboxylic acids is 1. The predicted molar refractivity (Wildman–Crippen MR) is 108 cm³/mol. The largest absolute Gasteiger partial charge is 0.497 e. The highest BCUT2D eigenvalue weighted by Gasteiger charge is 2.39. The summed E-state index contributed by atoms with van der Waals surface area (Å²) in [7, 11) is 1.64. The third-order valence-electron chi connectivity index (χ3n) is 5.16. The van der Waals surface area contributed by atoms with Crippen molar-refractivity contribution in [3.05, 3.63) is 71.0 Å². The van der Waals surface area contributed by atoms with E-state index in [9.17, 15) is 4.79 Å². The van der Waals surface area contributed by atoms with E-state index in [1.54, 1.807) is 16.7 Å². The molecule has 0 unspecified atom stereocenters. The lowest BCUT2D eigenvalue weighted by Crippen LogP contribution is -2.42. The summed E-state index contributed by atoms with van der Waals surface area (Å²) in [5.74, 6) is 1.33. The zero-order valence-corrected chi connectivity index (χ0v) is 16.5. The van der Waals surface area contributed by atoms with E-state index in [1.165, 1.54) is 6.33 Å². The molecule has 0 bridgehead atoms. The molecule has 0 saturated heterocycles. The van der Waals surface area contributed by atoms with Gasteiger partial charge in [-0.2, -0.15) is 10.1 Å². The van der Waals surface area contributed by atoms with Crippen molar-refractivity contribution in [2.45, 2.75) is 31.8 Å². The van der Waals surface area contributed by atoms with Crippen molar-refractivity contribution in [3.8, 4) is 5.75 Å². The number of halogens is 1. The van der Waals surface area contributed by atoms with E-state index in [1.807, 2.05) is 55.5 Å². The van der Waals surface area contributed by atoms with E-state index in [2.05, 4.69) is 10.1 Å². The second-order valence-electron chi connectivity index (χ2n) is 6.68. The van der Waals surface area contributed by atoms with Gasteiger partial charge in [-0.05, 0) is 35.7 Å². The van der Waals surface area contributed by atoms with Gasteiger partial charge in [0.2, 0.25) is 11.9 Å². The Bertz CT molecular complexity index is 986. The maximum absolute atomic E-state index is 12.8. The number of rotatable bonds is 4. The standard InChI is InChI=1S/C21H21ClN4O2/c1-3-20(27)25-18(14-8-10-15(28-2)11-9-14)12-19(26-21(25)23-13-24-26)16-6-4-5-7-17(16)22/h4-11,13,18-19H,3,12H2,1-2H3/t18-,19-/m0/s1. The molecule has 6 nitrogen and oxygen atoms in total. The number of methoxy groups -OCH3 is 1. The molecule has 2 atom stereocenters. The third kappa shape index (κ3) is 3.14. The minimum atomic E-state index is -0.170.